The molecule has 24 heavy (non-hydrogen) atoms. The number of aryl methyl sites for hydroxylation is 1. The van der Waals surface area contributed by atoms with Crippen molar-refractivity contribution in [3.05, 3.63) is 84.4 Å². The van der Waals surface area contributed by atoms with Crippen LogP contribution in [0.1, 0.15) is 25.3 Å². The molecule has 0 aliphatic heterocycles. The van der Waals surface area contributed by atoms with E-state index in [1.54, 1.807) is 6.07 Å². The quantitative estimate of drug-likeness (QED) is 0.584. The molecular weight excluding hydrogens is 294 g/mol. The van der Waals surface area contributed by atoms with Gasteiger partial charge in [0.1, 0.15) is 5.75 Å². The van der Waals surface area contributed by atoms with E-state index in [9.17, 15) is 5.11 Å². The van der Waals surface area contributed by atoms with E-state index in [0.29, 0.717) is 5.75 Å². The standard InChI is InChI=1S/C22H23NO/c1-2-3-10-18-15-16-22(24)21(17-18)23(19-11-6-4-7-12-19)20-13-8-5-9-14-20/h4-9,11-17,24H,2-3,10H2,1H3. The van der Waals surface area contributed by atoms with Crippen molar-refractivity contribution in [2.75, 3.05) is 4.90 Å². The molecular formula is C22H23NO. The van der Waals surface area contributed by atoms with Crippen LogP contribution in [0.25, 0.3) is 0 Å². The van der Waals surface area contributed by atoms with Crippen LogP contribution in [0.2, 0.25) is 0 Å². The van der Waals surface area contributed by atoms with Crippen molar-refractivity contribution in [2.24, 2.45) is 0 Å². The van der Waals surface area contributed by atoms with Gasteiger partial charge in [-0.1, -0.05) is 55.8 Å². The molecule has 0 unspecified atom stereocenters. The first-order chi connectivity index (χ1) is 11.8. The third-order valence-electron chi connectivity index (χ3n) is 4.13. The fourth-order valence-electron chi connectivity index (χ4n) is 2.87. The first-order valence-electron chi connectivity index (χ1n) is 8.51. The molecule has 1 N–H and O–H groups in total. The molecule has 0 fully saturated rings. The second-order valence-electron chi connectivity index (χ2n) is 5.93. The molecule has 2 heteroatoms. The van der Waals surface area contributed by atoms with Gasteiger partial charge in [0, 0.05) is 11.4 Å². The number of para-hydroxylation sites is 2. The van der Waals surface area contributed by atoms with Crippen LogP contribution < -0.4 is 4.90 Å². The highest BCUT2D eigenvalue weighted by Crippen LogP contribution is 2.39. The first kappa shape index (κ1) is 16.1. The van der Waals surface area contributed by atoms with Gasteiger partial charge in [0.2, 0.25) is 0 Å². The molecule has 0 aromatic heterocycles. The lowest BCUT2D eigenvalue weighted by molar-refractivity contribution is 0.476. The number of hydrogen-bond donors (Lipinski definition) is 1. The highest BCUT2D eigenvalue weighted by Gasteiger charge is 2.16. The van der Waals surface area contributed by atoms with E-state index in [2.05, 4.69) is 42.2 Å². The number of hydrogen-bond acceptors (Lipinski definition) is 2. The Morgan fingerprint density at radius 2 is 1.38 bits per heavy atom. The van der Waals surface area contributed by atoms with E-state index in [0.717, 1.165) is 36.3 Å². The average molecular weight is 317 g/mol. The number of phenolic OH excluding ortho intramolecular Hbond substituents is 1. The Bertz CT molecular complexity index is 729. The lowest BCUT2D eigenvalue weighted by Crippen LogP contribution is -2.10. The minimum absolute atomic E-state index is 0.294. The Morgan fingerprint density at radius 3 is 1.92 bits per heavy atom. The smallest absolute Gasteiger partial charge is 0.139 e. The van der Waals surface area contributed by atoms with Gasteiger partial charge >= 0.3 is 0 Å². The second-order valence-corrected chi connectivity index (χ2v) is 5.93. The number of aromatic hydroxyl groups is 1. The summed E-state index contributed by atoms with van der Waals surface area (Å²) < 4.78 is 0. The number of unbranched alkanes of at least 4 members (excludes halogenated alkanes) is 1. The molecule has 3 rings (SSSR count). The van der Waals surface area contributed by atoms with Crippen molar-refractivity contribution >= 4 is 17.1 Å². The number of benzene rings is 3. The molecule has 0 saturated carbocycles. The predicted molar refractivity (Wildman–Crippen MR) is 101 cm³/mol. The molecule has 0 aliphatic carbocycles. The number of rotatable bonds is 6. The lowest BCUT2D eigenvalue weighted by Gasteiger charge is -2.26. The predicted octanol–water partition coefficient (Wildman–Crippen LogP) is 6.20. The zero-order chi connectivity index (χ0) is 16.8. The molecule has 0 heterocycles. The maximum Gasteiger partial charge on any atom is 0.139 e. The van der Waals surface area contributed by atoms with Gasteiger partial charge in [-0.15, -0.1) is 0 Å². The van der Waals surface area contributed by atoms with Gasteiger partial charge in [-0.2, -0.15) is 0 Å². The summed E-state index contributed by atoms with van der Waals surface area (Å²) in [5.41, 5.74) is 4.14. The monoisotopic (exact) mass is 317 g/mol. The number of phenols is 1. The summed E-state index contributed by atoms with van der Waals surface area (Å²) in [7, 11) is 0. The zero-order valence-corrected chi connectivity index (χ0v) is 14.0. The Hall–Kier alpha value is -2.74. The van der Waals surface area contributed by atoms with Crippen molar-refractivity contribution in [3.63, 3.8) is 0 Å². The molecule has 122 valence electrons. The molecule has 0 saturated heterocycles. The van der Waals surface area contributed by atoms with Gasteiger partial charge < -0.3 is 10.0 Å². The van der Waals surface area contributed by atoms with E-state index in [-0.39, 0.29) is 0 Å². The summed E-state index contributed by atoms with van der Waals surface area (Å²) in [5, 5.41) is 10.5. The van der Waals surface area contributed by atoms with Gasteiger partial charge in [0.05, 0.1) is 5.69 Å². The number of nitrogens with zero attached hydrogens (tertiary/aromatic N) is 1. The molecule has 0 aliphatic rings. The van der Waals surface area contributed by atoms with Gasteiger partial charge in [-0.05, 0) is 54.8 Å². The zero-order valence-electron chi connectivity index (χ0n) is 14.0. The SMILES string of the molecule is CCCCc1ccc(O)c(N(c2ccccc2)c2ccccc2)c1. The molecule has 0 bridgehead atoms. The van der Waals surface area contributed by atoms with E-state index in [1.807, 2.05) is 42.5 Å². The Morgan fingerprint density at radius 1 is 0.792 bits per heavy atom. The summed E-state index contributed by atoms with van der Waals surface area (Å²) in [6, 6.07) is 26.2. The van der Waals surface area contributed by atoms with E-state index >= 15 is 0 Å². The summed E-state index contributed by atoms with van der Waals surface area (Å²) >= 11 is 0. The van der Waals surface area contributed by atoms with Crippen molar-refractivity contribution < 1.29 is 5.11 Å². The van der Waals surface area contributed by atoms with E-state index in [4.69, 9.17) is 0 Å². The fourth-order valence-corrected chi connectivity index (χ4v) is 2.87. The fraction of sp³-hybridized carbons (Fsp3) is 0.182. The van der Waals surface area contributed by atoms with Gasteiger partial charge in [0.25, 0.3) is 0 Å². The summed E-state index contributed by atoms with van der Waals surface area (Å²) in [6.45, 7) is 2.20. The first-order valence-corrected chi connectivity index (χ1v) is 8.51. The van der Waals surface area contributed by atoms with Crippen LogP contribution in [0.4, 0.5) is 17.1 Å². The van der Waals surface area contributed by atoms with Crippen molar-refractivity contribution in [2.45, 2.75) is 26.2 Å². The highest BCUT2D eigenvalue weighted by atomic mass is 16.3. The topological polar surface area (TPSA) is 23.5 Å². The summed E-state index contributed by atoms with van der Waals surface area (Å²) in [4.78, 5) is 2.10. The molecule has 0 amide bonds. The van der Waals surface area contributed by atoms with Crippen LogP contribution in [0.3, 0.4) is 0 Å². The molecule has 3 aromatic rings. The van der Waals surface area contributed by atoms with Crippen molar-refractivity contribution in [1.29, 1.82) is 0 Å². The Balaban J connectivity index is 2.09. The molecule has 0 atom stereocenters. The van der Waals surface area contributed by atoms with Gasteiger partial charge in [-0.3, -0.25) is 0 Å². The maximum atomic E-state index is 10.5. The van der Waals surface area contributed by atoms with Crippen LogP contribution in [0, 0.1) is 0 Å². The van der Waals surface area contributed by atoms with E-state index in [1.165, 1.54) is 5.56 Å². The Labute approximate surface area is 144 Å². The van der Waals surface area contributed by atoms with E-state index < -0.39 is 0 Å². The normalized spacial score (nSPS) is 10.5. The van der Waals surface area contributed by atoms with Crippen LogP contribution in [-0.2, 0) is 6.42 Å². The largest absolute Gasteiger partial charge is 0.506 e. The molecule has 0 spiro atoms. The lowest BCUT2D eigenvalue weighted by atomic mass is 10.1. The van der Waals surface area contributed by atoms with Crippen molar-refractivity contribution in [3.8, 4) is 5.75 Å². The van der Waals surface area contributed by atoms with Crippen molar-refractivity contribution in [1.82, 2.24) is 0 Å². The second kappa shape index (κ2) is 7.69. The molecule has 2 nitrogen and oxygen atoms in total. The maximum absolute atomic E-state index is 10.5. The van der Waals surface area contributed by atoms with Crippen LogP contribution in [0.15, 0.2) is 78.9 Å². The Kier molecular flexibility index (Phi) is 5.17. The van der Waals surface area contributed by atoms with Crippen LogP contribution in [0.5, 0.6) is 5.75 Å². The van der Waals surface area contributed by atoms with Crippen LogP contribution in [-0.4, -0.2) is 5.11 Å². The van der Waals surface area contributed by atoms with Gasteiger partial charge in [-0.25, -0.2) is 0 Å². The van der Waals surface area contributed by atoms with Crippen LogP contribution >= 0.6 is 0 Å². The average Bonchev–Trinajstić information content (AvgIpc) is 2.64. The minimum atomic E-state index is 0.294. The third-order valence-corrected chi connectivity index (χ3v) is 4.13. The number of anilines is 3. The third kappa shape index (κ3) is 3.60. The summed E-state index contributed by atoms with van der Waals surface area (Å²) in [6.07, 6.45) is 3.35. The minimum Gasteiger partial charge on any atom is -0.506 e. The highest BCUT2D eigenvalue weighted by molar-refractivity contribution is 5.80. The molecule has 3 aromatic carbocycles. The molecule has 0 radical (unpaired) electrons. The van der Waals surface area contributed by atoms with Gasteiger partial charge in [0.15, 0.2) is 0 Å². The summed E-state index contributed by atoms with van der Waals surface area (Å²) in [5.74, 6) is 0.294.